The Labute approximate surface area is 110 Å². The van der Waals surface area contributed by atoms with Gasteiger partial charge in [-0.1, -0.05) is 20.8 Å². The van der Waals surface area contributed by atoms with E-state index in [0.717, 1.165) is 5.75 Å². The van der Waals surface area contributed by atoms with Crippen LogP contribution < -0.4 is 9.30 Å². The van der Waals surface area contributed by atoms with Crippen LogP contribution in [0.15, 0.2) is 24.5 Å². The zero-order valence-corrected chi connectivity index (χ0v) is 12.3. The van der Waals surface area contributed by atoms with E-state index >= 15 is 0 Å². The standard InChI is InChI=1S/C15H24NO2/c1-14(2,3)13(17)11-16-9-7-8-12(10-16)18-15(4,5)6/h7-10H,11H2,1-6H3/q+1. The minimum absolute atomic E-state index is 0.209. The maximum atomic E-state index is 12.0. The van der Waals surface area contributed by atoms with Gasteiger partial charge in [-0.25, -0.2) is 0 Å². The molecular weight excluding hydrogens is 226 g/mol. The van der Waals surface area contributed by atoms with Crippen LogP contribution in [-0.4, -0.2) is 11.4 Å². The Morgan fingerprint density at radius 1 is 1.22 bits per heavy atom. The molecule has 0 fully saturated rings. The van der Waals surface area contributed by atoms with Gasteiger partial charge in [-0.2, -0.15) is 4.57 Å². The molecule has 0 aliphatic heterocycles. The van der Waals surface area contributed by atoms with E-state index < -0.39 is 0 Å². The van der Waals surface area contributed by atoms with Crippen LogP contribution in [0.1, 0.15) is 41.5 Å². The van der Waals surface area contributed by atoms with E-state index in [9.17, 15) is 4.79 Å². The molecule has 1 rings (SSSR count). The van der Waals surface area contributed by atoms with E-state index in [1.165, 1.54) is 0 Å². The van der Waals surface area contributed by atoms with E-state index in [4.69, 9.17) is 4.74 Å². The van der Waals surface area contributed by atoms with Crippen LogP contribution in [0.25, 0.3) is 0 Å². The molecule has 1 heterocycles. The number of rotatable bonds is 3. The minimum atomic E-state index is -0.312. The first-order chi connectivity index (χ1) is 8.08. The lowest BCUT2D eigenvalue weighted by Crippen LogP contribution is -2.41. The van der Waals surface area contributed by atoms with Crippen molar-refractivity contribution < 1.29 is 14.1 Å². The fourth-order valence-electron chi connectivity index (χ4n) is 1.41. The summed E-state index contributed by atoms with van der Waals surface area (Å²) in [6, 6.07) is 3.81. The summed E-state index contributed by atoms with van der Waals surface area (Å²) < 4.78 is 7.65. The number of ketones is 1. The second kappa shape index (κ2) is 5.09. The number of hydrogen-bond acceptors (Lipinski definition) is 2. The molecular formula is C15H24NO2+. The van der Waals surface area contributed by atoms with Crippen molar-refractivity contribution in [3.05, 3.63) is 24.5 Å². The van der Waals surface area contributed by atoms with Crippen molar-refractivity contribution in [1.82, 2.24) is 0 Å². The lowest BCUT2D eigenvalue weighted by Gasteiger charge is -2.20. The maximum Gasteiger partial charge on any atom is 0.211 e. The average Bonchev–Trinajstić information content (AvgIpc) is 2.13. The second-order valence-electron chi connectivity index (χ2n) is 6.60. The van der Waals surface area contributed by atoms with Crippen molar-refractivity contribution in [3.8, 4) is 5.75 Å². The highest BCUT2D eigenvalue weighted by molar-refractivity contribution is 5.82. The Hall–Kier alpha value is -1.38. The van der Waals surface area contributed by atoms with E-state index in [-0.39, 0.29) is 16.8 Å². The van der Waals surface area contributed by atoms with Gasteiger partial charge in [-0.15, -0.1) is 0 Å². The second-order valence-corrected chi connectivity index (χ2v) is 6.60. The number of ether oxygens (including phenoxy) is 1. The molecule has 0 aromatic carbocycles. The van der Waals surface area contributed by atoms with Gasteiger partial charge in [0.05, 0.1) is 0 Å². The number of Topliss-reactive ketones (excluding diaryl/α,β-unsaturated/α-hetero) is 1. The lowest BCUT2D eigenvalue weighted by atomic mass is 9.91. The van der Waals surface area contributed by atoms with Gasteiger partial charge < -0.3 is 4.74 Å². The van der Waals surface area contributed by atoms with Crippen LogP contribution in [0, 0.1) is 5.41 Å². The lowest BCUT2D eigenvalue weighted by molar-refractivity contribution is -0.685. The molecule has 1 aromatic rings. The van der Waals surface area contributed by atoms with Crippen LogP contribution in [0.5, 0.6) is 5.75 Å². The molecule has 18 heavy (non-hydrogen) atoms. The summed E-state index contributed by atoms with van der Waals surface area (Å²) in [7, 11) is 0. The number of nitrogens with zero attached hydrogens (tertiary/aromatic N) is 1. The molecule has 0 saturated carbocycles. The highest BCUT2D eigenvalue weighted by atomic mass is 16.5. The third-order valence-corrected chi connectivity index (χ3v) is 2.42. The van der Waals surface area contributed by atoms with Crippen molar-refractivity contribution in [2.24, 2.45) is 5.41 Å². The van der Waals surface area contributed by atoms with Crippen molar-refractivity contribution in [1.29, 1.82) is 0 Å². The molecule has 0 N–H and O–H groups in total. The number of aromatic nitrogens is 1. The molecule has 0 spiro atoms. The Morgan fingerprint density at radius 3 is 2.33 bits per heavy atom. The fourth-order valence-corrected chi connectivity index (χ4v) is 1.41. The molecule has 1 aromatic heterocycles. The van der Waals surface area contributed by atoms with E-state index in [2.05, 4.69) is 0 Å². The topological polar surface area (TPSA) is 30.2 Å². The van der Waals surface area contributed by atoms with Gasteiger partial charge in [0.2, 0.25) is 18.5 Å². The summed E-state index contributed by atoms with van der Waals surface area (Å²) in [6.45, 7) is 12.2. The Bertz CT molecular complexity index is 425. The van der Waals surface area contributed by atoms with Gasteiger partial charge >= 0.3 is 0 Å². The zero-order valence-electron chi connectivity index (χ0n) is 12.3. The van der Waals surface area contributed by atoms with Gasteiger partial charge in [0.25, 0.3) is 0 Å². The summed E-state index contributed by atoms with van der Waals surface area (Å²) >= 11 is 0. The van der Waals surface area contributed by atoms with Gasteiger partial charge in [-0.05, 0) is 26.8 Å². The molecule has 0 aliphatic carbocycles. The van der Waals surface area contributed by atoms with Gasteiger partial charge in [0.1, 0.15) is 5.60 Å². The van der Waals surface area contributed by atoms with Gasteiger partial charge in [0.15, 0.2) is 11.9 Å². The Morgan fingerprint density at radius 2 is 1.83 bits per heavy atom. The number of carbonyl (C=O) groups is 1. The molecule has 0 saturated heterocycles. The summed E-state index contributed by atoms with van der Waals surface area (Å²) in [6.07, 6.45) is 3.76. The number of hydrogen-bond donors (Lipinski definition) is 0. The monoisotopic (exact) mass is 250 g/mol. The molecule has 0 unspecified atom stereocenters. The third-order valence-electron chi connectivity index (χ3n) is 2.42. The van der Waals surface area contributed by atoms with E-state index in [0.29, 0.717) is 6.54 Å². The Kier molecular flexibility index (Phi) is 4.15. The van der Waals surface area contributed by atoms with Crippen LogP contribution in [0.2, 0.25) is 0 Å². The molecule has 0 radical (unpaired) electrons. The fraction of sp³-hybridized carbons (Fsp3) is 0.600. The first kappa shape index (κ1) is 14.7. The first-order valence-corrected chi connectivity index (χ1v) is 6.29. The summed E-state index contributed by atoms with van der Waals surface area (Å²) in [5.41, 5.74) is -0.541. The maximum absolute atomic E-state index is 12.0. The predicted molar refractivity (Wildman–Crippen MR) is 71.5 cm³/mol. The minimum Gasteiger partial charge on any atom is -0.482 e. The SMILES string of the molecule is CC(C)(C)Oc1ccc[n+](CC(=O)C(C)(C)C)c1. The van der Waals surface area contributed by atoms with Crippen molar-refractivity contribution in [2.75, 3.05) is 0 Å². The molecule has 0 bridgehead atoms. The molecule has 100 valence electrons. The molecule has 3 nitrogen and oxygen atoms in total. The van der Waals surface area contributed by atoms with Crippen molar-refractivity contribution >= 4 is 5.78 Å². The first-order valence-electron chi connectivity index (χ1n) is 6.29. The number of carbonyl (C=O) groups excluding carboxylic acids is 1. The highest BCUT2D eigenvalue weighted by Gasteiger charge is 2.25. The summed E-state index contributed by atoms with van der Waals surface area (Å²) in [5.74, 6) is 0.993. The van der Waals surface area contributed by atoms with E-state index in [1.54, 1.807) is 0 Å². The summed E-state index contributed by atoms with van der Waals surface area (Å²) in [4.78, 5) is 12.0. The molecule has 0 atom stereocenters. The van der Waals surface area contributed by atoms with E-state index in [1.807, 2.05) is 70.6 Å². The van der Waals surface area contributed by atoms with Crippen LogP contribution in [-0.2, 0) is 11.3 Å². The van der Waals surface area contributed by atoms with Crippen LogP contribution >= 0.6 is 0 Å². The Balaban J connectivity index is 2.80. The van der Waals surface area contributed by atoms with Gasteiger partial charge in [-0.3, -0.25) is 4.79 Å². The average molecular weight is 250 g/mol. The molecule has 3 heteroatoms. The zero-order chi connectivity index (χ0) is 14.0. The van der Waals surface area contributed by atoms with Crippen molar-refractivity contribution in [3.63, 3.8) is 0 Å². The highest BCUT2D eigenvalue weighted by Crippen LogP contribution is 2.16. The van der Waals surface area contributed by atoms with Gasteiger partial charge in [0, 0.05) is 11.5 Å². The smallest absolute Gasteiger partial charge is 0.211 e. The molecule has 0 aliphatic rings. The summed E-state index contributed by atoms with van der Waals surface area (Å²) in [5, 5.41) is 0. The molecule has 0 amide bonds. The van der Waals surface area contributed by atoms with Crippen LogP contribution in [0.3, 0.4) is 0 Å². The van der Waals surface area contributed by atoms with Crippen LogP contribution in [0.4, 0.5) is 0 Å². The quantitative estimate of drug-likeness (QED) is 0.772. The largest absolute Gasteiger partial charge is 0.482 e. The predicted octanol–water partition coefficient (Wildman–Crippen LogP) is 2.77. The normalized spacial score (nSPS) is 12.3. The third kappa shape index (κ3) is 4.86. The van der Waals surface area contributed by atoms with Crippen molar-refractivity contribution in [2.45, 2.75) is 53.7 Å². The number of pyridine rings is 1.